The SMILES string of the molecule is CC.CCC/C=C\C(C)=C(\Cl)CN=C(NN)c1cc(-c2ccc(CN(CC)CCN(C)C)cc2)cnc1N.CN. The van der Waals surface area contributed by atoms with Crippen molar-refractivity contribution >= 4 is 23.3 Å². The van der Waals surface area contributed by atoms with Gasteiger partial charge in [-0.05, 0) is 63.8 Å². The third-order valence-electron chi connectivity index (χ3n) is 5.94. The summed E-state index contributed by atoms with van der Waals surface area (Å²) in [6, 6.07) is 10.5. The Morgan fingerprint density at radius 3 is 2.27 bits per heavy atom. The summed E-state index contributed by atoms with van der Waals surface area (Å²) in [5, 5.41) is 0.653. The van der Waals surface area contributed by atoms with Crippen LogP contribution in [0.3, 0.4) is 0 Å². The summed E-state index contributed by atoms with van der Waals surface area (Å²) in [4.78, 5) is 13.6. The summed E-state index contributed by atoms with van der Waals surface area (Å²) in [6.45, 7) is 14.6. The first-order chi connectivity index (χ1) is 19.3. The number of hydrogen-bond acceptors (Lipinski definition) is 7. The number of benzene rings is 1. The molecule has 40 heavy (non-hydrogen) atoms. The van der Waals surface area contributed by atoms with Gasteiger partial charge in [-0.15, -0.1) is 0 Å². The third kappa shape index (κ3) is 13.5. The van der Waals surface area contributed by atoms with Crippen molar-refractivity contribution in [3.63, 3.8) is 0 Å². The van der Waals surface area contributed by atoms with Crippen molar-refractivity contribution in [3.05, 3.63) is 70.4 Å². The van der Waals surface area contributed by atoms with E-state index in [1.807, 2.05) is 32.9 Å². The Kier molecular flexibility index (Phi) is 20.5. The zero-order chi connectivity index (χ0) is 30.5. The fourth-order valence-electron chi connectivity index (χ4n) is 3.57. The van der Waals surface area contributed by atoms with Gasteiger partial charge in [0.15, 0.2) is 0 Å². The fourth-order valence-corrected chi connectivity index (χ4v) is 3.70. The highest BCUT2D eigenvalue weighted by molar-refractivity contribution is 6.30. The highest BCUT2D eigenvalue weighted by atomic mass is 35.5. The van der Waals surface area contributed by atoms with Crippen LogP contribution in [0.5, 0.6) is 0 Å². The largest absolute Gasteiger partial charge is 0.383 e. The van der Waals surface area contributed by atoms with Gasteiger partial charge in [-0.2, -0.15) is 0 Å². The van der Waals surface area contributed by atoms with Crippen LogP contribution < -0.4 is 22.7 Å². The molecule has 1 heterocycles. The summed E-state index contributed by atoms with van der Waals surface area (Å²) in [5.74, 6) is 6.60. The van der Waals surface area contributed by atoms with Crippen molar-refractivity contribution in [2.24, 2.45) is 16.6 Å². The van der Waals surface area contributed by atoms with Crippen LogP contribution in [0.4, 0.5) is 5.82 Å². The summed E-state index contributed by atoms with van der Waals surface area (Å²) in [7, 11) is 5.71. The molecule has 1 aromatic carbocycles. The Morgan fingerprint density at radius 2 is 1.73 bits per heavy atom. The fraction of sp³-hybridized carbons (Fsp3) is 0.484. The summed E-state index contributed by atoms with van der Waals surface area (Å²) >= 11 is 6.46. The van der Waals surface area contributed by atoms with Gasteiger partial charge in [0, 0.05) is 36.4 Å². The van der Waals surface area contributed by atoms with Gasteiger partial charge in [0.1, 0.15) is 11.7 Å². The van der Waals surface area contributed by atoms with Crippen molar-refractivity contribution in [1.29, 1.82) is 0 Å². The number of aromatic nitrogens is 1. The number of rotatable bonds is 13. The number of allylic oxidation sites excluding steroid dienone is 3. The van der Waals surface area contributed by atoms with Crippen LogP contribution >= 0.6 is 11.6 Å². The number of nitrogens with zero attached hydrogens (tertiary/aromatic N) is 4. The molecule has 0 radical (unpaired) electrons. The molecule has 1 aromatic heterocycles. The molecule has 0 aliphatic heterocycles. The lowest BCUT2D eigenvalue weighted by molar-refractivity contribution is 0.244. The molecular weight excluding hydrogens is 520 g/mol. The zero-order valence-electron chi connectivity index (χ0n) is 26.0. The monoisotopic (exact) mass is 572 g/mol. The van der Waals surface area contributed by atoms with Gasteiger partial charge in [0.2, 0.25) is 0 Å². The van der Waals surface area contributed by atoms with Crippen LogP contribution in [0.1, 0.15) is 58.6 Å². The minimum absolute atomic E-state index is 0.295. The summed E-state index contributed by atoms with van der Waals surface area (Å²) in [6.07, 6.45) is 8.03. The van der Waals surface area contributed by atoms with Gasteiger partial charge < -0.3 is 21.8 Å². The number of nitrogens with two attached hydrogens (primary N) is 3. The first-order valence-corrected chi connectivity index (χ1v) is 14.5. The zero-order valence-corrected chi connectivity index (χ0v) is 26.7. The third-order valence-corrected chi connectivity index (χ3v) is 6.36. The molecule has 7 N–H and O–H groups in total. The first-order valence-electron chi connectivity index (χ1n) is 14.1. The molecule has 0 atom stereocenters. The van der Waals surface area contributed by atoms with Crippen molar-refractivity contribution in [3.8, 4) is 11.1 Å². The highest BCUT2D eigenvalue weighted by Gasteiger charge is 2.11. The van der Waals surface area contributed by atoms with E-state index in [2.05, 4.69) is 89.2 Å². The second-order valence-electron chi connectivity index (χ2n) is 9.11. The van der Waals surface area contributed by atoms with Gasteiger partial charge in [-0.3, -0.25) is 9.89 Å². The Balaban J connectivity index is 0.00000363. The Hall–Kier alpha value is -2.75. The van der Waals surface area contributed by atoms with Crippen LogP contribution in [-0.4, -0.2) is 67.9 Å². The first kappa shape index (κ1) is 37.2. The van der Waals surface area contributed by atoms with E-state index in [9.17, 15) is 0 Å². The molecule has 224 valence electrons. The van der Waals surface area contributed by atoms with Gasteiger partial charge >= 0.3 is 0 Å². The molecule has 2 rings (SSSR count). The number of halogens is 1. The molecule has 0 saturated carbocycles. The van der Waals surface area contributed by atoms with Crippen LogP contribution in [0.2, 0.25) is 0 Å². The molecule has 9 heteroatoms. The molecule has 0 aliphatic carbocycles. The number of likely N-dealkylation sites (N-methyl/N-ethyl adjacent to an activating group) is 2. The molecule has 8 nitrogen and oxygen atoms in total. The lowest BCUT2D eigenvalue weighted by Gasteiger charge is -2.22. The second-order valence-corrected chi connectivity index (χ2v) is 9.57. The number of hydrogen-bond donors (Lipinski definition) is 4. The smallest absolute Gasteiger partial charge is 0.146 e. The summed E-state index contributed by atoms with van der Waals surface area (Å²) < 4.78 is 0. The van der Waals surface area contributed by atoms with E-state index in [-0.39, 0.29) is 0 Å². The highest BCUT2D eigenvalue weighted by Crippen LogP contribution is 2.23. The molecule has 0 bridgehead atoms. The van der Waals surface area contributed by atoms with Gasteiger partial charge in [-0.1, -0.05) is 82.1 Å². The molecule has 0 aliphatic rings. The maximum atomic E-state index is 6.46. The molecule has 2 aromatic rings. The van der Waals surface area contributed by atoms with E-state index in [0.29, 0.717) is 28.8 Å². The predicted octanol–water partition coefficient (Wildman–Crippen LogP) is 5.39. The number of hydrazine groups is 1. The standard InChI is InChI=1S/C28H42ClN7.C2H6.CH5N/c1-6-8-9-10-21(3)26(29)19-33-28(34-31)25-17-24(18-32-27(25)30)23-13-11-22(12-14-23)20-36(7-2)16-15-35(4)5;2*1-2/h9-14,17-18H,6-8,15-16,19-20,31H2,1-5H3,(H2,30,32)(H,33,34);1-2H3;2H2,1H3/b10-9-,26-21+;;. The molecule has 0 amide bonds. The maximum Gasteiger partial charge on any atom is 0.146 e. The Bertz CT molecular complexity index is 1050. The minimum Gasteiger partial charge on any atom is -0.383 e. The molecular formula is C31H53ClN8. The Labute approximate surface area is 248 Å². The number of nitrogen functional groups attached to an aromatic ring is 1. The normalized spacial score (nSPS) is 12.1. The molecule has 0 fully saturated rings. The van der Waals surface area contributed by atoms with Crippen LogP contribution in [-0.2, 0) is 6.54 Å². The number of unbranched alkanes of at least 4 members (excludes halogenated alkanes) is 1. The van der Waals surface area contributed by atoms with Crippen molar-refractivity contribution in [2.45, 2.75) is 54.0 Å². The maximum absolute atomic E-state index is 6.46. The quantitative estimate of drug-likeness (QED) is 0.0834. The van der Waals surface area contributed by atoms with E-state index < -0.39 is 0 Å². The predicted molar refractivity (Wildman–Crippen MR) is 176 cm³/mol. The lowest BCUT2D eigenvalue weighted by atomic mass is 10.0. The number of aliphatic imine (C=N–C) groups is 1. The van der Waals surface area contributed by atoms with Crippen LogP contribution in [0.15, 0.2) is 64.3 Å². The van der Waals surface area contributed by atoms with E-state index in [0.717, 1.165) is 55.7 Å². The van der Waals surface area contributed by atoms with Crippen LogP contribution in [0.25, 0.3) is 11.1 Å². The van der Waals surface area contributed by atoms with Gasteiger partial charge in [0.05, 0.1) is 12.1 Å². The van der Waals surface area contributed by atoms with E-state index in [4.69, 9.17) is 23.2 Å². The number of nitrogens with one attached hydrogen (secondary N) is 1. The molecule has 0 spiro atoms. The topological polar surface area (TPSA) is 122 Å². The molecule has 0 unspecified atom stereocenters. The average Bonchev–Trinajstić information content (AvgIpc) is 2.98. The van der Waals surface area contributed by atoms with E-state index in [1.54, 1.807) is 6.20 Å². The number of pyridine rings is 1. The van der Waals surface area contributed by atoms with E-state index in [1.165, 1.54) is 12.6 Å². The van der Waals surface area contributed by atoms with Crippen molar-refractivity contribution in [1.82, 2.24) is 20.2 Å². The van der Waals surface area contributed by atoms with E-state index >= 15 is 0 Å². The summed E-state index contributed by atoms with van der Waals surface area (Å²) in [5.41, 5.74) is 18.2. The second kappa shape index (κ2) is 22.0. The molecule has 0 saturated heterocycles. The average molecular weight is 573 g/mol. The Morgan fingerprint density at radius 1 is 1.07 bits per heavy atom. The minimum atomic E-state index is 0.295. The lowest BCUT2D eigenvalue weighted by Crippen LogP contribution is -2.32. The van der Waals surface area contributed by atoms with Gasteiger partial charge in [0.25, 0.3) is 0 Å². The van der Waals surface area contributed by atoms with Crippen molar-refractivity contribution < 1.29 is 0 Å². The van der Waals surface area contributed by atoms with Crippen LogP contribution in [0, 0.1) is 0 Å². The number of amidine groups is 1. The van der Waals surface area contributed by atoms with Gasteiger partial charge in [-0.25, -0.2) is 10.8 Å². The number of anilines is 1. The van der Waals surface area contributed by atoms with Crippen molar-refractivity contribution in [2.75, 3.05) is 53.1 Å².